The number of benzene rings is 1. The molecule has 1 heterocycles. The molecule has 0 saturated carbocycles. The van der Waals surface area contributed by atoms with Gasteiger partial charge < -0.3 is 11.1 Å². The Morgan fingerprint density at radius 3 is 2.50 bits per heavy atom. The Bertz CT molecular complexity index is 405. The number of nitrogens with two attached hydrogens (primary N) is 1. The summed E-state index contributed by atoms with van der Waals surface area (Å²) in [6.07, 6.45) is 0.555. The van der Waals surface area contributed by atoms with Gasteiger partial charge in [-0.2, -0.15) is 0 Å². The van der Waals surface area contributed by atoms with Crippen LogP contribution >= 0.6 is 0 Å². The van der Waals surface area contributed by atoms with Crippen molar-refractivity contribution in [3.8, 4) is 0 Å². The SMILES string of the molecule is N[C@@H](Cc1ccccc1)C1NC(=O)NC1=O. The summed E-state index contributed by atoms with van der Waals surface area (Å²) < 4.78 is 0. The molecule has 0 bridgehead atoms. The van der Waals surface area contributed by atoms with Crippen LogP contribution in [-0.4, -0.2) is 24.0 Å². The molecule has 0 spiro atoms. The Balaban J connectivity index is 2.01. The molecule has 16 heavy (non-hydrogen) atoms. The first-order chi connectivity index (χ1) is 7.66. The summed E-state index contributed by atoms with van der Waals surface area (Å²) in [7, 11) is 0. The summed E-state index contributed by atoms with van der Waals surface area (Å²) in [5, 5.41) is 4.66. The highest BCUT2D eigenvalue weighted by molar-refractivity contribution is 6.04. The normalized spacial score (nSPS) is 21.4. The molecule has 1 aliphatic heterocycles. The number of carbonyl (C=O) groups excluding carboxylic acids is 2. The first-order valence-electron chi connectivity index (χ1n) is 5.07. The number of hydrogen-bond acceptors (Lipinski definition) is 3. The first kappa shape index (κ1) is 10.6. The van der Waals surface area contributed by atoms with E-state index in [4.69, 9.17) is 5.73 Å². The maximum Gasteiger partial charge on any atom is 0.322 e. The Hall–Kier alpha value is -1.88. The molecule has 1 aromatic rings. The molecule has 3 amide bonds. The molecular formula is C11H13N3O2. The van der Waals surface area contributed by atoms with Crippen molar-refractivity contribution < 1.29 is 9.59 Å². The van der Waals surface area contributed by atoms with Crippen LogP contribution in [0.25, 0.3) is 0 Å². The van der Waals surface area contributed by atoms with Gasteiger partial charge in [-0.1, -0.05) is 30.3 Å². The summed E-state index contributed by atoms with van der Waals surface area (Å²) >= 11 is 0. The van der Waals surface area contributed by atoms with Crippen molar-refractivity contribution in [1.29, 1.82) is 0 Å². The van der Waals surface area contributed by atoms with Crippen LogP contribution in [0.4, 0.5) is 4.79 Å². The molecule has 2 rings (SSSR count). The van der Waals surface area contributed by atoms with Crippen LogP contribution in [0.15, 0.2) is 30.3 Å². The highest BCUT2D eigenvalue weighted by Crippen LogP contribution is 2.06. The predicted octanol–water partition coefficient (Wildman–Crippen LogP) is -0.236. The van der Waals surface area contributed by atoms with Gasteiger partial charge in [0, 0.05) is 6.04 Å². The lowest BCUT2D eigenvalue weighted by Gasteiger charge is -2.16. The van der Waals surface area contributed by atoms with Crippen molar-refractivity contribution in [3.05, 3.63) is 35.9 Å². The number of nitrogens with one attached hydrogen (secondary N) is 2. The van der Waals surface area contributed by atoms with Gasteiger partial charge in [-0.05, 0) is 12.0 Å². The molecule has 1 saturated heterocycles. The Morgan fingerprint density at radius 2 is 1.94 bits per heavy atom. The van der Waals surface area contributed by atoms with E-state index in [0.717, 1.165) is 5.56 Å². The van der Waals surface area contributed by atoms with Crippen LogP contribution in [0.2, 0.25) is 0 Å². The third kappa shape index (κ3) is 2.20. The van der Waals surface area contributed by atoms with Gasteiger partial charge in [0.25, 0.3) is 5.91 Å². The van der Waals surface area contributed by atoms with Crippen molar-refractivity contribution in [2.45, 2.75) is 18.5 Å². The Morgan fingerprint density at radius 1 is 1.25 bits per heavy atom. The topological polar surface area (TPSA) is 84.2 Å². The molecule has 5 nitrogen and oxygen atoms in total. The van der Waals surface area contributed by atoms with Gasteiger partial charge in [0.2, 0.25) is 0 Å². The van der Waals surface area contributed by atoms with Gasteiger partial charge in [0.15, 0.2) is 0 Å². The number of urea groups is 1. The average Bonchev–Trinajstić information content (AvgIpc) is 2.59. The van der Waals surface area contributed by atoms with Crippen LogP contribution in [0.5, 0.6) is 0 Å². The molecule has 1 aliphatic rings. The van der Waals surface area contributed by atoms with Crippen molar-refractivity contribution in [3.63, 3.8) is 0 Å². The van der Waals surface area contributed by atoms with Crippen molar-refractivity contribution in [2.75, 3.05) is 0 Å². The zero-order valence-corrected chi connectivity index (χ0v) is 8.64. The van der Waals surface area contributed by atoms with Gasteiger partial charge in [-0.3, -0.25) is 10.1 Å². The second-order valence-corrected chi connectivity index (χ2v) is 3.79. The third-order valence-electron chi connectivity index (χ3n) is 2.55. The highest BCUT2D eigenvalue weighted by atomic mass is 16.2. The largest absolute Gasteiger partial charge is 0.325 e. The summed E-state index contributed by atoms with van der Waals surface area (Å²) in [6, 6.07) is 8.10. The van der Waals surface area contributed by atoms with E-state index in [-0.39, 0.29) is 5.91 Å². The quantitative estimate of drug-likeness (QED) is 0.614. The lowest BCUT2D eigenvalue weighted by molar-refractivity contribution is -0.120. The highest BCUT2D eigenvalue weighted by Gasteiger charge is 2.34. The molecule has 1 unspecified atom stereocenters. The van der Waals surface area contributed by atoms with E-state index in [9.17, 15) is 9.59 Å². The Labute approximate surface area is 93.0 Å². The fraction of sp³-hybridized carbons (Fsp3) is 0.273. The lowest BCUT2D eigenvalue weighted by atomic mass is 10.0. The third-order valence-corrected chi connectivity index (χ3v) is 2.55. The maximum atomic E-state index is 11.3. The van der Waals surface area contributed by atoms with E-state index in [1.807, 2.05) is 30.3 Å². The fourth-order valence-corrected chi connectivity index (χ4v) is 1.74. The Kier molecular flexibility index (Phi) is 2.87. The molecule has 84 valence electrons. The molecule has 0 aliphatic carbocycles. The number of carbonyl (C=O) groups is 2. The van der Waals surface area contributed by atoms with Crippen LogP contribution in [-0.2, 0) is 11.2 Å². The van der Waals surface area contributed by atoms with E-state index < -0.39 is 18.1 Å². The molecule has 0 radical (unpaired) electrons. The van der Waals surface area contributed by atoms with E-state index in [1.54, 1.807) is 0 Å². The standard InChI is InChI=1S/C11H13N3O2/c12-8(6-7-4-2-1-3-5-7)9-10(15)14-11(16)13-9/h1-5,8-9H,6,12H2,(H2,13,14,15,16)/t8-,9?/m0/s1. The minimum Gasteiger partial charge on any atom is -0.325 e. The molecule has 4 N–H and O–H groups in total. The lowest BCUT2D eigenvalue weighted by Crippen LogP contribution is -2.47. The summed E-state index contributed by atoms with van der Waals surface area (Å²) in [4.78, 5) is 22.3. The molecule has 1 aromatic carbocycles. The van der Waals surface area contributed by atoms with Gasteiger partial charge in [0.05, 0.1) is 0 Å². The van der Waals surface area contributed by atoms with Crippen LogP contribution in [0.1, 0.15) is 5.56 Å². The minimum atomic E-state index is -0.632. The van der Waals surface area contributed by atoms with Crippen molar-refractivity contribution in [2.24, 2.45) is 5.73 Å². The number of hydrogen-bond donors (Lipinski definition) is 3. The van der Waals surface area contributed by atoms with E-state index >= 15 is 0 Å². The van der Waals surface area contributed by atoms with E-state index in [2.05, 4.69) is 10.6 Å². The average molecular weight is 219 g/mol. The summed E-state index contributed by atoms with van der Waals surface area (Å²) in [5.74, 6) is -0.353. The predicted molar refractivity (Wildman–Crippen MR) is 58.6 cm³/mol. The summed E-state index contributed by atoms with van der Waals surface area (Å²) in [5.41, 5.74) is 6.93. The number of rotatable bonds is 3. The maximum absolute atomic E-state index is 11.3. The molecule has 5 heteroatoms. The zero-order chi connectivity index (χ0) is 11.5. The van der Waals surface area contributed by atoms with Gasteiger partial charge >= 0.3 is 6.03 Å². The summed E-state index contributed by atoms with van der Waals surface area (Å²) in [6.45, 7) is 0. The second kappa shape index (κ2) is 4.32. The van der Waals surface area contributed by atoms with Crippen molar-refractivity contribution in [1.82, 2.24) is 10.6 Å². The van der Waals surface area contributed by atoms with Gasteiger partial charge in [-0.25, -0.2) is 4.79 Å². The minimum absolute atomic E-state index is 0.353. The molecule has 2 atom stereocenters. The molecule has 1 fully saturated rings. The van der Waals surface area contributed by atoms with Crippen LogP contribution in [0, 0.1) is 0 Å². The first-order valence-corrected chi connectivity index (χ1v) is 5.07. The fourth-order valence-electron chi connectivity index (χ4n) is 1.74. The van der Waals surface area contributed by atoms with Crippen molar-refractivity contribution >= 4 is 11.9 Å². The van der Waals surface area contributed by atoms with Gasteiger partial charge in [-0.15, -0.1) is 0 Å². The molecular weight excluding hydrogens is 206 g/mol. The van der Waals surface area contributed by atoms with Gasteiger partial charge in [0.1, 0.15) is 6.04 Å². The number of amides is 3. The molecule has 0 aromatic heterocycles. The monoisotopic (exact) mass is 219 g/mol. The number of imide groups is 1. The zero-order valence-electron chi connectivity index (χ0n) is 8.64. The van der Waals surface area contributed by atoms with E-state index in [0.29, 0.717) is 6.42 Å². The van der Waals surface area contributed by atoms with Crippen LogP contribution in [0.3, 0.4) is 0 Å². The van der Waals surface area contributed by atoms with E-state index in [1.165, 1.54) is 0 Å². The van der Waals surface area contributed by atoms with Crippen LogP contribution < -0.4 is 16.4 Å². The second-order valence-electron chi connectivity index (χ2n) is 3.79. The smallest absolute Gasteiger partial charge is 0.322 e.